The zero-order chi connectivity index (χ0) is 36.5. The Balaban J connectivity index is 0.992. The monoisotopic (exact) mass is 755 g/mol. The van der Waals surface area contributed by atoms with Gasteiger partial charge in [-0.2, -0.15) is 28.1 Å². The summed E-state index contributed by atoms with van der Waals surface area (Å²) in [6, 6.07) is 13.7. The Morgan fingerprint density at radius 3 is 2.27 bits per heavy atom. The van der Waals surface area contributed by atoms with E-state index in [9.17, 15) is 27.6 Å². The average molecular weight is 756 g/mol. The summed E-state index contributed by atoms with van der Waals surface area (Å²) < 4.78 is 43.7. The third-order valence-electron chi connectivity index (χ3n) is 9.42. The maximum absolute atomic E-state index is 13.5. The van der Waals surface area contributed by atoms with Gasteiger partial charge in [0.05, 0.1) is 12.0 Å². The van der Waals surface area contributed by atoms with Gasteiger partial charge in [0.1, 0.15) is 6.61 Å². The number of nitrogens with one attached hydrogen (secondary N) is 3. The standard InChI is InChI=1S/C34H33ClF3N9O4S/c35-23-5-3-22(4-6-23)33(9-10-33)45-29-42-28(43-30(44-29)51-17-13-34(36,37)38)40-24-7-1-21(2-8-24)26(49)46-15-11-32(19-46)12-16-47(20-32)27(50)25(48)41-31-39-14-18-52-31/h1-8,14,18H,9-13,15-17,19-20H2,(H,39,41,48)(H2,40,42,43,44,45). The predicted octanol–water partition coefficient (Wildman–Crippen LogP) is 5.86. The minimum atomic E-state index is -4.41. The summed E-state index contributed by atoms with van der Waals surface area (Å²) in [6.07, 6.45) is -1.09. The summed E-state index contributed by atoms with van der Waals surface area (Å²) in [6.45, 7) is 1.12. The van der Waals surface area contributed by atoms with Crippen LogP contribution in [-0.2, 0) is 15.1 Å². The fourth-order valence-corrected chi connectivity index (χ4v) is 7.17. The highest BCUT2D eigenvalue weighted by Crippen LogP contribution is 2.48. The molecule has 4 heterocycles. The molecule has 0 bridgehead atoms. The number of likely N-dealkylation sites (tertiary alicyclic amines) is 2. The van der Waals surface area contributed by atoms with E-state index in [2.05, 4.69) is 35.9 Å². The molecule has 1 spiro atoms. The highest BCUT2D eigenvalue weighted by atomic mass is 35.5. The van der Waals surface area contributed by atoms with Crippen molar-refractivity contribution in [2.45, 2.75) is 43.8 Å². The number of thiazole rings is 1. The lowest BCUT2D eigenvalue weighted by molar-refractivity contribution is -0.142. The second-order valence-electron chi connectivity index (χ2n) is 13.1. The van der Waals surface area contributed by atoms with Crippen LogP contribution in [0.5, 0.6) is 6.01 Å². The number of hydrogen-bond acceptors (Lipinski definition) is 11. The van der Waals surface area contributed by atoms with Crippen LogP contribution in [0.4, 0.5) is 35.9 Å². The van der Waals surface area contributed by atoms with Gasteiger partial charge in [-0.3, -0.25) is 19.7 Å². The zero-order valence-corrected chi connectivity index (χ0v) is 29.2. The molecule has 3 fully saturated rings. The lowest BCUT2D eigenvalue weighted by Gasteiger charge is -2.24. The molecule has 0 radical (unpaired) electrons. The maximum Gasteiger partial charge on any atom is 0.392 e. The SMILES string of the molecule is O=C(Nc1nccs1)C(=O)N1CCC2(CCN(C(=O)c3ccc(Nc4nc(NC5(c6ccc(Cl)cc6)CC5)nc(OCCC(F)(F)F)n4)cc3)C2)C1. The van der Waals surface area contributed by atoms with Crippen molar-refractivity contribution in [2.75, 3.05) is 48.7 Å². The molecule has 3 amide bonds. The van der Waals surface area contributed by atoms with E-state index >= 15 is 0 Å². The van der Waals surface area contributed by atoms with Gasteiger partial charge in [0, 0.05) is 59.4 Å². The predicted molar refractivity (Wildman–Crippen MR) is 187 cm³/mol. The van der Waals surface area contributed by atoms with Crippen LogP contribution in [0.1, 0.15) is 48.0 Å². The molecule has 2 saturated heterocycles. The molecule has 3 N–H and O–H groups in total. The fourth-order valence-electron chi connectivity index (χ4n) is 6.52. The fraction of sp³-hybridized carbons (Fsp3) is 0.382. The number of anilines is 4. The van der Waals surface area contributed by atoms with E-state index in [-0.39, 0.29) is 29.2 Å². The molecule has 2 aliphatic heterocycles. The molecule has 3 aliphatic rings. The van der Waals surface area contributed by atoms with Gasteiger partial charge in [-0.25, -0.2) is 4.98 Å². The molecule has 2 aromatic heterocycles. The summed E-state index contributed by atoms with van der Waals surface area (Å²) >= 11 is 7.29. The summed E-state index contributed by atoms with van der Waals surface area (Å²) in [4.78, 5) is 58.9. The molecular formula is C34H33ClF3N9O4S. The van der Waals surface area contributed by atoms with Crippen LogP contribution in [-0.4, -0.2) is 86.4 Å². The largest absolute Gasteiger partial charge is 0.463 e. The Hall–Kier alpha value is -5.03. The van der Waals surface area contributed by atoms with Crippen molar-refractivity contribution in [3.8, 4) is 6.01 Å². The van der Waals surface area contributed by atoms with E-state index in [1.165, 1.54) is 16.2 Å². The van der Waals surface area contributed by atoms with Crippen molar-refractivity contribution in [1.29, 1.82) is 0 Å². The number of amides is 3. The second-order valence-corrected chi connectivity index (χ2v) is 14.5. The van der Waals surface area contributed by atoms with Crippen molar-refractivity contribution in [3.05, 3.63) is 76.3 Å². The minimum absolute atomic E-state index is 0.0349. The van der Waals surface area contributed by atoms with Crippen LogP contribution in [0.3, 0.4) is 0 Å². The van der Waals surface area contributed by atoms with Gasteiger partial charge in [-0.15, -0.1) is 11.3 Å². The van der Waals surface area contributed by atoms with Crippen LogP contribution in [0, 0.1) is 5.41 Å². The molecule has 18 heteroatoms. The van der Waals surface area contributed by atoms with Crippen molar-refractivity contribution < 1.29 is 32.3 Å². The lowest BCUT2D eigenvalue weighted by atomic mass is 9.86. The second kappa shape index (κ2) is 14.2. The topological polar surface area (TPSA) is 155 Å². The maximum atomic E-state index is 13.5. The van der Waals surface area contributed by atoms with E-state index in [0.29, 0.717) is 60.4 Å². The number of ether oxygens (including phenoxy) is 1. The molecule has 272 valence electrons. The van der Waals surface area contributed by atoms with Crippen molar-refractivity contribution in [3.63, 3.8) is 0 Å². The van der Waals surface area contributed by atoms with Crippen LogP contribution in [0.15, 0.2) is 60.1 Å². The molecule has 2 aromatic carbocycles. The molecule has 4 aromatic rings. The quantitative estimate of drug-likeness (QED) is 0.168. The summed E-state index contributed by atoms with van der Waals surface area (Å²) in [5.74, 6) is -1.36. The van der Waals surface area contributed by atoms with Crippen LogP contribution in [0.2, 0.25) is 5.02 Å². The van der Waals surface area contributed by atoms with Gasteiger partial charge in [0.15, 0.2) is 5.13 Å². The number of alkyl halides is 3. The van der Waals surface area contributed by atoms with E-state index in [1.54, 1.807) is 52.9 Å². The first-order valence-electron chi connectivity index (χ1n) is 16.5. The first-order chi connectivity index (χ1) is 24.9. The van der Waals surface area contributed by atoms with Crippen molar-refractivity contribution in [2.24, 2.45) is 5.41 Å². The van der Waals surface area contributed by atoms with Crippen LogP contribution < -0.4 is 20.7 Å². The molecular weight excluding hydrogens is 723 g/mol. The first-order valence-corrected chi connectivity index (χ1v) is 17.8. The van der Waals surface area contributed by atoms with E-state index in [0.717, 1.165) is 18.4 Å². The highest BCUT2D eigenvalue weighted by Gasteiger charge is 2.47. The first kappa shape index (κ1) is 35.4. The molecule has 1 saturated carbocycles. The normalized spacial score (nSPS) is 19.1. The number of aromatic nitrogens is 4. The van der Waals surface area contributed by atoms with Gasteiger partial charge >= 0.3 is 24.0 Å². The molecule has 1 aliphatic carbocycles. The van der Waals surface area contributed by atoms with E-state index < -0.39 is 36.6 Å². The molecule has 13 nitrogen and oxygen atoms in total. The highest BCUT2D eigenvalue weighted by molar-refractivity contribution is 7.13. The van der Waals surface area contributed by atoms with Gasteiger partial charge in [0.2, 0.25) is 11.9 Å². The number of nitrogens with zero attached hydrogens (tertiary/aromatic N) is 6. The van der Waals surface area contributed by atoms with Crippen molar-refractivity contribution in [1.82, 2.24) is 29.7 Å². The van der Waals surface area contributed by atoms with E-state index in [4.69, 9.17) is 16.3 Å². The van der Waals surface area contributed by atoms with Gasteiger partial charge in [0.25, 0.3) is 5.91 Å². The van der Waals surface area contributed by atoms with Gasteiger partial charge in [-0.1, -0.05) is 23.7 Å². The summed E-state index contributed by atoms with van der Waals surface area (Å²) in [7, 11) is 0. The van der Waals surface area contributed by atoms with Crippen LogP contribution in [0.25, 0.3) is 0 Å². The van der Waals surface area contributed by atoms with Crippen LogP contribution >= 0.6 is 22.9 Å². The smallest absolute Gasteiger partial charge is 0.392 e. The van der Waals surface area contributed by atoms with Crippen molar-refractivity contribution >= 4 is 63.4 Å². The number of carbonyl (C=O) groups is 3. The average Bonchev–Trinajstić information content (AvgIpc) is 3.44. The van der Waals surface area contributed by atoms with Gasteiger partial charge in [-0.05, 0) is 67.6 Å². The number of halogens is 4. The Morgan fingerprint density at radius 1 is 0.904 bits per heavy atom. The molecule has 1 atom stereocenters. The number of hydrogen-bond donors (Lipinski definition) is 3. The van der Waals surface area contributed by atoms with Gasteiger partial charge < -0.3 is 25.2 Å². The summed E-state index contributed by atoms with van der Waals surface area (Å²) in [5, 5.41) is 11.5. The number of carbonyl (C=O) groups excluding carboxylic acids is 3. The number of benzene rings is 2. The molecule has 1 unspecified atom stereocenters. The minimum Gasteiger partial charge on any atom is -0.463 e. The molecule has 52 heavy (non-hydrogen) atoms. The number of rotatable bonds is 10. The summed E-state index contributed by atoms with van der Waals surface area (Å²) in [5.41, 5.74) is 1.18. The lowest BCUT2D eigenvalue weighted by Crippen LogP contribution is -2.40. The molecule has 7 rings (SSSR count). The third kappa shape index (κ3) is 8.20. The Labute approximate surface area is 305 Å². The Kier molecular flexibility index (Phi) is 9.65. The Morgan fingerprint density at radius 2 is 1.60 bits per heavy atom. The Bertz CT molecular complexity index is 1950. The third-order valence-corrected chi connectivity index (χ3v) is 10.4. The zero-order valence-electron chi connectivity index (χ0n) is 27.6. The van der Waals surface area contributed by atoms with E-state index in [1.807, 2.05) is 12.1 Å².